The Hall–Kier alpha value is -5.32. The van der Waals surface area contributed by atoms with Crippen molar-refractivity contribution in [3.8, 4) is 28.8 Å². The lowest BCUT2D eigenvalue weighted by atomic mass is 9.91. The van der Waals surface area contributed by atoms with Crippen molar-refractivity contribution in [2.75, 3.05) is 0 Å². The van der Waals surface area contributed by atoms with Gasteiger partial charge in [-0.2, -0.15) is 23.5 Å². The first-order valence-corrected chi connectivity index (χ1v) is 15.0. The number of nitrogens with one attached hydrogen (secondary N) is 2. The number of carbonyl (C=O) groups is 2. The molecule has 1 fully saturated rings. The molecular formula is C33H34F3N7O4. The number of carbonyl (C=O) groups excluding carboxylic acids is 2. The van der Waals surface area contributed by atoms with Gasteiger partial charge in [-0.15, -0.1) is 0 Å². The van der Waals surface area contributed by atoms with Crippen LogP contribution in [0.1, 0.15) is 63.3 Å². The molecule has 11 nitrogen and oxygen atoms in total. The van der Waals surface area contributed by atoms with Crippen molar-refractivity contribution in [2.24, 2.45) is 0 Å². The van der Waals surface area contributed by atoms with Crippen LogP contribution in [-0.4, -0.2) is 48.7 Å². The van der Waals surface area contributed by atoms with E-state index < -0.39 is 35.2 Å². The van der Waals surface area contributed by atoms with Crippen molar-refractivity contribution in [3.05, 3.63) is 88.1 Å². The minimum absolute atomic E-state index is 0.0618. The standard InChI is InChI=1S/C33H34F3N7O4/c1-20-28(27-16-17-38-43(27)25-14-8-21(19-37)9-15-25)42(31(46)41(20)26-7-5-6-22(18-26)33(34,35)36)29(44)39-23-10-12-24(13-11-23)40-30(45)47-32(2,3)4/h5-9,14-18,23-24H,10-13H2,1-4H3,(H,39,44)(H,40,45). The maximum atomic E-state index is 14.0. The second kappa shape index (κ2) is 12.8. The largest absolute Gasteiger partial charge is 0.444 e. The molecule has 1 aliphatic carbocycles. The summed E-state index contributed by atoms with van der Waals surface area (Å²) in [4.78, 5) is 40.2. The van der Waals surface area contributed by atoms with Crippen LogP contribution in [0.2, 0.25) is 0 Å². The van der Waals surface area contributed by atoms with E-state index in [4.69, 9.17) is 4.74 Å². The topological polar surface area (TPSA) is 136 Å². The number of ether oxygens (including phenoxy) is 1. The highest BCUT2D eigenvalue weighted by molar-refractivity contribution is 5.83. The average molecular weight is 650 g/mol. The number of benzene rings is 2. The molecule has 2 N–H and O–H groups in total. The number of alkyl carbamates (subject to hydrolysis) is 1. The molecule has 0 aliphatic heterocycles. The van der Waals surface area contributed by atoms with E-state index in [0.717, 1.165) is 21.3 Å². The highest BCUT2D eigenvalue weighted by Crippen LogP contribution is 2.32. The summed E-state index contributed by atoms with van der Waals surface area (Å²) in [7, 11) is 0. The van der Waals surface area contributed by atoms with Gasteiger partial charge in [0.2, 0.25) is 0 Å². The number of nitrogens with zero attached hydrogens (tertiary/aromatic N) is 5. The second-order valence-corrected chi connectivity index (χ2v) is 12.4. The Balaban J connectivity index is 1.50. The molecule has 0 spiro atoms. The molecule has 1 aliphatic rings. The Labute approximate surface area is 268 Å². The molecule has 47 heavy (non-hydrogen) atoms. The molecule has 14 heteroatoms. The number of nitriles is 1. The van der Waals surface area contributed by atoms with Gasteiger partial charge in [-0.3, -0.25) is 4.57 Å². The number of alkyl halides is 3. The normalized spacial score (nSPS) is 16.7. The minimum atomic E-state index is -4.65. The Kier molecular flexibility index (Phi) is 9.02. The van der Waals surface area contributed by atoms with Crippen LogP contribution in [-0.2, 0) is 10.9 Å². The van der Waals surface area contributed by atoms with Crippen molar-refractivity contribution in [1.29, 1.82) is 5.26 Å². The summed E-state index contributed by atoms with van der Waals surface area (Å²) in [6.45, 7) is 6.86. The van der Waals surface area contributed by atoms with Crippen LogP contribution in [0.15, 0.2) is 65.6 Å². The predicted octanol–water partition coefficient (Wildman–Crippen LogP) is 6.08. The molecule has 5 rings (SSSR count). The number of hydrogen-bond donors (Lipinski definition) is 2. The van der Waals surface area contributed by atoms with Gasteiger partial charge in [0, 0.05) is 12.1 Å². The van der Waals surface area contributed by atoms with Gasteiger partial charge in [-0.25, -0.2) is 23.6 Å². The summed E-state index contributed by atoms with van der Waals surface area (Å²) in [5, 5.41) is 19.3. The molecule has 1 saturated carbocycles. The molecule has 0 atom stereocenters. The number of imidazole rings is 1. The molecule has 2 aromatic carbocycles. The maximum absolute atomic E-state index is 14.0. The molecule has 0 unspecified atom stereocenters. The van der Waals surface area contributed by atoms with Crippen molar-refractivity contribution < 1.29 is 27.5 Å². The van der Waals surface area contributed by atoms with Crippen molar-refractivity contribution in [2.45, 2.75) is 77.2 Å². The number of aromatic nitrogens is 4. The zero-order valence-electron chi connectivity index (χ0n) is 26.3. The predicted molar refractivity (Wildman–Crippen MR) is 166 cm³/mol. The van der Waals surface area contributed by atoms with Gasteiger partial charge in [0.05, 0.1) is 46.2 Å². The summed E-state index contributed by atoms with van der Waals surface area (Å²) in [6, 6.07) is 13.2. The smallest absolute Gasteiger partial charge is 0.416 e. The highest BCUT2D eigenvalue weighted by Gasteiger charge is 2.33. The Morgan fingerprint density at radius 3 is 2.19 bits per heavy atom. The van der Waals surface area contributed by atoms with Crippen molar-refractivity contribution >= 4 is 12.1 Å². The fourth-order valence-corrected chi connectivity index (χ4v) is 5.68. The van der Waals surface area contributed by atoms with Gasteiger partial charge in [0.1, 0.15) is 11.3 Å². The molecule has 4 aromatic rings. The lowest BCUT2D eigenvalue weighted by molar-refractivity contribution is -0.137. The van der Waals surface area contributed by atoms with Crippen LogP contribution in [0.5, 0.6) is 0 Å². The van der Waals surface area contributed by atoms with Crippen molar-refractivity contribution in [1.82, 2.24) is 29.5 Å². The fraction of sp³-hybridized carbons (Fsp3) is 0.364. The summed E-state index contributed by atoms with van der Waals surface area (Å²) < 4.78 is 49.7. The van der Waals surface area contributed by atoms with E-state index in [9.17, 15) is 32.8 Å². The van der Waals surface area contributed by atoms with E-state index in [1.807, 2.05) is 6.07 Å². The third-order valence-corrected chi connectivity index (χ3v) is 7.82. The first kappa shape index (κ1) is 33.1. The summed E-state index contributed by atoms with van der Waals surface area (Å²) >= 11 is 0. The first-order chi connectivity index (χ1) is 22.2. The van der Waals surface area contributed by atoms with Crippen LogP contribution in [0.4, 0.5) is 22.8 Å². The Morgan fingerprint density at radius 2 is 1.60 bits per heavy atom. The summed E-state index contributed by atoms with van der Waals surface area (Å²) in [5.74, 6) is 0. The molecule has 0 saturated heterocycles. The molecular weight excluding hydrogens is 615 g/mol. The third-order valence-electron chi connectivity index (χ3n) is 7.82. The van der Waals surface area contributed by atoms with Gasteiger partial charge in [0.25, 0.3) is 0 Å². The lowest BCUT2D eigenvalue weighted by Gasteiger charge is -2.30. The molecule has 2 heterocycles. The maximum Gasteiger partial charge on any atom is 0.416 e. The van der Waals surface area contributed by atoms with Crippen LogP contribution in [0.3, 0.4) is 0 Å². The molecule has 2 amide bonds. The van der Waals surface area contributed by atoms with Gasteiger partial charge in [0.15, 0.2) is 0 Å². The van der Waals surface area contributed by atoms with Crippen LogP contribution in [0, 0.1) is 18.3 Å². The Morgan fingerprint density at radius 1 is 0.957 bits per heavy atom. The Bertz CT molecular complexity index is 1880. The van der Waals surface area contributed by atoms with E-state index in [2.05, 4.69) is 15.7 Å². The van der Waals surface area contributed by atoms with E-state index in [1.165, 1.54) is 23.0 Å². The number of amides is 2. The highest BCUT2D eigenvalue weighted by atomic mass is 19.4. The monoisotopic (exact) mass is 649 g/mol. The molecule has 0 radical (unpaired) electrons. The third kappa shape index (κ3) is 7.24. The molecule has 246 valence electrons. The van der Waals surface area contributed by atoms with Gasteiger partial charge < -0.3 is 15.4 Å². The average Bonchev–Trinajstić information content (AvgIpc) is 3.58. The number of rotatable bonds is 5. The van der Waals surface area contributed by atoms with Crippen LogP contribution >= 0.6 is 0 Å². The minimum Gasteiger partial charge on any atom is -0.444 e. The van der Waals surface area contributed by atoms with Crippen molar-refractivity contribution in [3.63, 3.8) is 0 Å². The van der Waals surface area contributed by atoms with E-state index >= 15 is 0 Å². The number of hydrogen-bond acceptors (Lipinski definition) is 6. The first-order valence-electron chi connectivity index (χ1n) is 15.0. The quantitative estimate of drug-likeness (QED) is 0.269. The molecule has 0 bridgehead atoms. The zero-order chi connectivity index (χ0) is 34.1. The second-order valence-electron chi connectivity index (χ2n) is 12.4. The summed E-state index contributed by atoms with van der Waals surface area (Å²) in [6.07, 6.45) is -1.57. The fourth-order valence-electron chi connectivity index (χ4n) is 5.68. The van der Waals surface area contributed by atoms with Gasteiger partial charge in [-0.05, 0) is 102 Å². The van der Waals surface area contributed by atoms with Crippen LogP contribution < -0.4 is 16.3 Å². The van der Waals surface area contributed by atoms with Crippen LogP contribution in [0.25, 0.3) is 22.8 Å². The zero-order valence-corrected chi connectivity index (χ0v) is 26.3. The van der Waals surface area contributed by atoms with E-state index in [0.29, 0.717) is 42.6 Å². The van der Waals surface area contributed by atoms with E-state index in [-0.39, 0.29) is 29.2 Å². The summed E-state index contributed by atoms with van der Waals surface area (Å²) in [5.41, 5.74) is -0.882. The SMILES string of the molecule is Cc1c(-c2ccnn2-c2ccc(C#N)cc2)n(C(=O)NC2CCC(NC(=O)OC(C)(C)C)CC2)c(=O)n1-c1cccc(C(F)(F)F)c1. The van der Waals surface area contributed by atoms with Gasteiger partial charge >= 0.3 is 24.0 Å². The van der Waals surface area contributed by atoms with Gasteiger partial charge in [-0.1, -0.05) is 6.07 Å². The van der Waals surface area contributed by atoms with E-state index in [1.54, 1.807) is 58.0 Å². The molecule has 2 aromatic heterocycles. The lowest BCUT2D eigenvalue weighted by Crippen LogP contribution is -2.47. The number of halogens is 3.